The maximum Gasteiger partial charge on any atom is 0.326 e. The van der Waals surface area contributed by atoms with Crippen LogP contribution in [0.4, 0.5) is 4.79 Å². The van der Waals surface area contributed by atoms with E-state index in [-0.39, 0.29) is 12.1 Å². The predicted molar refractivity (Wildman–Crippen MR) is 61.9 cm³/mol. The van der Waals surface area contributed by atoms with Gasteiger partial charge in [-0.25, -0.2) is 9.59 Å². The zero-order valence-corrected chi connectivity index (χ0v) is 10.3. The molecule has 1 saturated heterocycles. The minimum Gasteiger partial charge on any atom is -0.480 e. The quantitative estimate of drug-likeness (QED) is 0.745. The molecule has 1 fully saturated rings. The van der Waals surface area contributed by atoms with Crippen LogP contribution in [-0.4, -0.2) is 54.4 Å². The molecule has 17 heavy (non-hydrogen) atoms. The topological polar surface area (TPSA) is 78.9 Å². The molecule has 6 heteroatoms. The smallest absolute Gasteiger partial charge is 0.326 e. The van der Waals surface area contributed by atoms with Crippen LogP contribution in [-0.2, 0) is 9.53 Å². The summed E-state index contributed by atoms with van der Waals surface area (Å²) in [5, 5.41) is 11.5. The second-order valence-electron chi connectivity index (χ2n) is 4.26. The Bertz CT molecular complexity index is 277. The van der Waals surface area contributed by atoms with Crippen molar-refractivity contribution in [1.82, 2.24) is 10.2 Å². The zero-order valence-electron chi connectivity index (χ0n) is 10.3. The first-order chi connectivity index (χ1) is 8.06. The first-order valence-corrected chi connectivity index (χ1v) is 5.90. The molecular formula is C11H20N2O4. The summed E-state index contributed by atoms with van der Waals surface area (Å²) in [4.78, 5) is 24.3. The van der Waals surface area contributed by atoms with Crippen molar-refractivity contribution in [1.29, 1.82) is 0 Å². The molecule has 0 bridgehead atoms. The lowest BCUT2D eigenvalue weighted by molar-refractivity contribution is -0.139. The molecule has 98 valence electrons. The van der Waals surface area contributed by atoms with E-state index >= 15 is 0 Å². The van der Waals surface area contributed by atoms with Crippen molar-refractivity contribution in [3.8, 4) is 0 Å². The first-order valence-electron chi connectivity index (χ1n) is 5.90. The van der Waals surface area contributed by atoms with Crippen molar-refractivity contribution in [2.24, 2.45) is 0 Å². The van der Waals surface area contributed by atoms with Crippen LogP contribution in [0.5, 0.6) is 0 Å². The Morgan fingerprint density at radius 2 is 2.29 bits per heavy atom. The van der Waals surface area contributed by atoms with Gasteiger partial charge < -0.3 is 20.1 Å². The maximum absolute atomic E-state index is 11.8. The van der Waals surface area contributed by atoms with Gasteiger partial charge in [-0.15, -0.1) is 0 Å². The highest BCUT2D eigenvalue weighted by Crippen LogP contribution is 2.11. The maximum atomic E-state index is 11.8. The Morgan fingerprint density at radius 3 is 2.76 bits per heavy atom. The average molecular weight is 244 g/mol. The molecule has 0 aromatic carbocycles. The van der Waals surface area contributed by atoms with Crippen molar-refractivity contribution in [3.63, 3.8) is 0 Å². The molecule has 0 saturated carbocycles. The van der Waals surface area contributed by atoms with Gasteiger partial charge >= 0.3 is 12.0 Å². The van der Waals surface area contributed by atoms with Crippen LogP contribution in [0.25, 0.3) is 0 Å². The van der Waals surface area contributed by atoms with Gasteiger partial charge in [-0.05, 0) is 12.8 Å². The Labute approximate surface area is 101 Å². The van der Waals surface area contributed by atoms with Gasteiger partial charge in [0.15, 0.2) is 0 Å². The van der Waals surface area contributed by atoms with Crippen LogP contribution in [0.15, 0.2) is 0 Å². The van der Waals surface area contributed by atoms with Gasteiger partial charge in [-0.2, -0.15) is 0 Å². The number of aliphatic carboxylic acids is 1. The number of carboxylic acids is 1. The highest BCUT2D eigenvalue weighted by molar-refractivity contribution is 5.82. The van der Waals surface area contributed by atoms with Crippen LogP contribution in [0.3, 0.4) is 0 Å². The fourth-order valence-corrected chi connectivity index (χ4v) is 1.79. The predicted octanol–water partition coefficient (Wildman–Crippen LogP) is 0.670. The number of hydrogen-bond acceptors (Lipinski definition) is 3. The van der Waals surface area contributed by atoms with Crippen molar-refractivity contribution in [2.75, 3.05) is 20.3 Å². The third kappa shape index (κ3) is 3.89. The molecule has 0 spiro atoms. The summed E-state index contributed by atoms with van der Waals surface area (Å²) in [7, 11) is 1.67. The lowest BCUT2D eigenvalue weighted by Gasteiger charge is -2.25. The number of nitrogens with zero attached hydrogens (tertiary/aromatic N) is 1. The summed E-state index contributed by atoms with van der Waals surface area (Å²) < 4.78 is 5.19. The van der Waals surface area contributed by atoms with Crippen molar-refractivity contribution in [2.45, 2.75) is 38.3 Å². The third-order valence-corrected chi connectivity index (χ3v) is 2.95. The number of nitrogens with one attached hydrogen (secondary N) is 1. The van der Waals surface area contributed by atoms with E-state index in [1.807, 2.05) is 6.92 Å². The summed E-state index contributed by atoms with van der Waals surface area (Å²) in [6.07, 6.45) is 1.96. The molecule has 1 rings (SSSR count). The Morgan fingerprint density at radius 1 is 1.59 bits per heavy atom. The summed E-state index contributed by atoms with van der Waals surface area (Å²) in [5.74, 6) is -0.990. The zero-order chi connectivity index (χ0) is 12.8. The molecule has 2 amide bonds. The first kappa shape index (κ1) is 13.8. The summed E-state index contributed by atoms with van der Waals surface area (Å²) in [5.41, 5.74) is 0. The van der Waals surface area contributed by atoms with E-state index in [9.17, 15) is 9.59 Å². The van der Waals surface area contributed by atoms with E-state index in [0.717, 1.165) is 6.42 Å². The molecule has 2 atom stereocenters. The SMILES string of the molecule is CCCC(NC(=O)N(C)C1CCOC1)C(=O)O. The fourth-order valence-electron chi connectivity index (χ4n) is 1.79. The van der Waals surface area contributed by atoms with Crippen LogP contribution < -0.4 is 5.32 Å². The molecule has 0 aliphatic carbocycles. The Balaban J connectivity index is 2.47. The van der Waals surface area contributed by atoms with Crippen molar-refractivity contribution in [3.05, 3.63) is 0 Å². The Hall–Kier alpha value is -1.30. The lowest BCUT2D eigenvalue weighted by atomic mass is 10.1. The van der Waals surface area contributed by atoms with Gasteiger partial charge in [0.2, 0.25) is 0 Å². The lowest BCUT2D eigenvalue weighted by Crippen LogP contribution is -2.49. The molecule has 0 aromatic rings. The van der Waals surface area contributed by atoms with Crippen molar-refractivity contribution >= 4 is 12.0 Å². The van der Waals surface area contributed by atoms with E-state index in [4.69, 9.17) is 9.84 Å². The molecule has 1 heterocycles. The summed E-state index contributed by atoms with van der Waals surface area (Å²) >= 11 is 0. The van der Waals surface area contributed by atoms with Gasteiger partial charge in [0.25, 0.3) is 0 Å². The van der Waals surface area contributed by atoms with Gasteiger partial charge in [-0.1, -0.05) is 13.3 Å². The fraction of sp³-hybridized carbons (Fsp3) is 0.818. The number of rotatable bonds is 5. The molecular weight excluding hydrogens is 224 g/mol. The number of hydrogen-bond donors (Lipinski definition) is 2. The van der Waals surface area contributed by atoms with Crippen LogP contribution in [0.2, 0.25) is 0 Å². The number of urea groups is 1. The van der Waals surface area contributed by atoms with E-state index < -0.39 is 12.0 Å². The van der Waals surface area contributed by atoms with E-state index in [2.05, 4.69) is 5.32 Å². The standard InChI is InChI=1S/C11H20N2O4/c1-3-4-9(10(14)15)12-11(16)13(2)8-5-6-17-7-8/h8-9H,3-7H2,1-2H3,(H,12,16)(H,14,15). The average Bonchev–Trinajstić information content (AvgIpc) is 2.80. The third-order valence-electron chi connectivity index (χ3n) is 2.95. The molecule has 1 aliphatic heterocycles. The van der Waals surface area contributed by atoms with Gasteiger partial charge in [0.05, 0.1) is 12.6 Å². The number of carbonyl (C=O) groups is 2. The van der Waals surface area contributed by atoms with Crippen LogP contribution in [0, 0.1) is 0 Å². The number of amides is 2. The van der Waals surface area contributed by atoms with E-state index in [1.54, 1.807) is 7.05 Å². The molecule has 6 nitrogen and oxygen atoms in total. The minimum atomic E-state index is -0.990. The molecule has 0 radical (unpaired) electrons. The van der Waals surface area contributed by atoms with Gasteiger partial charge in [0, 0.05) is 13.7 Å². The second-order valence-corrected chi connectivity index (χ2v) is 4.26. The number of likely N-dealkylation sites (N-methyl/N-ethyl adjacent to an activating group) is 1. The van der Waals surface area contributed by atoms with E-state index in [0.29, 0.717) is 26.1 Å². The summed E-state index contributed by atoms with van der Waals surface area (Å²) in [6, 6.07) is -1.11. The molecule has 2 unspecified atom stereocenters. The number of ether oxygens (including phenoxy) is 1. The van der Waals surface area contributed by atoms with Gasteiger partial charge in [0.1, 0.15) is 6.04 Å². The van der Waals surface area contributed by atoms with Crippen LogP contribution in [0.1, 0.15) is 26.2 Å². The largest absolute Gasteiger partial charge is 0.480 e. The molecule has 2 N–H and O–H groups in total. The van der Waals surface area contributed by atoms with Crippen LogP contribution >= 0.6 is 0 Å². The van der Waals surface area contributed by atoms with Crippen molar-refractivity contribution < 1.29 is 19.4 Å². The number of carboxylic acid groups (broad SMARTS) is 1. The monoisotopic (exact) mass is 244 g/mol. The van der Waals surface area contributed by atoms with E-state index in [1.165, 1.54) is 4.90 Å². The summed E-state index contributed by atoms with van der Waals surface area (Å²) in [6.45, 7) is 3.06. The normalized spacial score (nSPS) is 20.9. The number of carbonyl (C=O) groups excluding carboxylic acids is 1. The Kier molecular flexibility index (Phi) is 5.21. The second kappa shape index (κ2) is 6.44. The van der Waals surface area contributed by atoms with Gasteiger partial charge in [-0.3, -0.25) is 0 Å². The highest BCUT2D eigenvalue weighted by Gasteiger charge is 2.27. The highest BCUT2D eigenvalue weighted by atomic mass is 16.5. The molecule has 0 aromatic heterocycles. The molecule has 1 aliphatic rings. The minimum absolute atomic E-state index is 0.0473.